The molecule has 0 unspecified atom stereocenters. The summed E-state index contributed by atoms with van der Waals surface area (Å²) in [7, 11) is 1.66. The molecule has 0 aliphatic rings. The Bertz CT molecular complexity index is 400. The van der Waals surface area contributed by atoms with Crippen molar-refractivity contribution in [1.82, 2.24) is 10.6 Å². The van der Waals surface area contributed by atoms with Gasteiger partial charge in [0.25, 0.3) is 0 Å². The van der Waals surface area contributed by atoms with Gasteiger partial charge in [-0.2, -0.15) is 0 Å². The zero-order valence-electron chi connectivity index (χ0n) is 12.6. The van der Waals surface area contributed by atoms with Gasteiger partial charge >= 0.3 is 0 Å². The number of halogens is 1. The highest BCUT2D eigenvalue weighted by atomic mass is 79.9. The molecule has 0 saturated heterocycles. The molecule has 0 spiro atoms. The predicted molar refractivity (Wildman–Crippen MR) is 86.7 cm³/mol. The highest BCUT2D eigenvalue weighted by Crippen LogP contribution is 2.34. The Labute approximate surface area is 130 Å². The fourth-order valence-corrected chi connectivity index (χ4v) is 2.44. The second-order valence-corrected chi connectivity index (χ2v) is 5.33. The minimum Gasteiger partial charge on any atom is -0.493 e. The van der Waals surface area contributed by atoms with Gasteiger partial charge in [-0.15, -0.1) is 0 Å². The summed E-state index contributed by atoms with van der Waals surface area (Å²) >= 11 is 3.51. The van der Waals surface area contributed by atoms with Gasteiger partial charge in [0.15, 0.2) is 11.5 Å². The SMILES string of the molecule is CCNCCCNCc1cc(Br)cc(OC)c1OCC. The number of benzene rings is 1. The standard InChI is InChI=1S/C15H25BrN2O2/c1-4-17-7-6-8-18-11-12-9-13(16)10-14(19-3)15(12)20-5-2/h9-10,17-18H,4-8,11H2,1-3H3. The van der Waals surface area contributed by atoms with E-state index in [-0.39, 0.29) is 0 Å². The van der Waals surface area contributed by atoms with E-state index in [1.807, 2.05) is 13.0 Å². The maximum absolute atomic E-state index is 5.71. The first kappa shape index (κ1) is 17.3. The Hall–Kier alpha value is -0.780. The van der Waals surface area contributed by atoms with Crippen molar-refractivity contribution in [3.8, 4) is 11.5 Å². The van der Waals surface area contributed by atoms with E-state index in [2.05, 4.69) is 39.6 Å². The first-order valence-electron chi connectivity index (χ1n) is 7.13. The van der Waals surface area contributed by atoms with Crippen LogP contribution in [0.1, 0.15) is 25.8 Å². The van der Waals surface area contributed by atoms with Crippen molar-refractivity contribution in [1.29, 1.82) is 0 Å². The van der Waals surface area contributed by atoms with Crippen LogP contribution < -0.4 is 20.1 Å². The number of rotatable bonds is 10. The minimum atomic E-state index is 0.630. The third-order valence-electron chi connectivity index (χ3n) is 2.88. The zero-order valence-corrected chi connectivity index (χ0v) is 14.2. The molecule has 0 fully saturated rings. The molecule has 0 aliphatic heterocycles. The van der Waals surface area contributed by atoms with Gasteiger partial charge in [0.2, 0.25) is 0 Å². The van der Waals surface area contributed by atoms with Crippen LogP contribution in [-0.2, 0) is 6.54 Å². The third-order valence-corrected chi connectivity index (χ3v) is 3.34. The summed E-state index contributed by atoms with van der Waals surface area (Å²) in [5.74, 6) is 1.60. The number of hydrogen-bond donors (Lipinski definition) is 2. The molecule has 0 bridgehead atoms. The van der Waals surface area contributed by atoms with Crippen molar-refractivity contribution in [3.63, 3.8) is 0 Å². The van der Waals surface area contributed by atoms with Crippen LogP contribution in [-0.4, -0.2) is 33.4 Å². The van der Waals surface area contributed by atoms with Gasteiger partial charge in [-0.3, -0.25) is 0 Å². The Morgan fingerprint density at radius 1 is 1.15 bits per heavy atom. The van der Waals surface area contributed by atoms with Gasteiger partial charge in [-0.25, -0.2) is 0 Å². The molecule has 0 saturated carbocycles. The highest BCUT2D eigenvalue weighted by molar-refractivity contribution is 9.10. The molecule has 0 aromatic heterocycles. The van der Waals surface area contributed by atoms with Crippen LogP contribution in [0, 0.1) is 0 Å². The normalized spacial score (nSPS) is 10.6. The smallest absolute Gasteiger partial charge is 0.165 e. The minimum absolute atomic E-state index is 0.630. The van der Waals surface area contributed by atoms with Crippen LogP contribution in [0.4, 0.5) is 0 Å². The Morgan fingerprint density at radius 2 is 1.90 bits per heavy atom. The molecule has 1 aromatic carbocycles. The van der Waals surface area contributed by atoms with E-state index in [0.717, 1.165) is 54.1 Å². The molecule has 4 nitrogen and oxygen atoms in total. The van der Waals surface area contributed by atoms with Crippen LogP contribution in [0.2, 0.25) is 0 Å². The summed E-state index contributed by atoms with van der Waals surface area (Å²) in [5.41, 5.74) is 1.11. The summed E-state index contributed by atoms with van der Waals surface area (Å²) in [6, 6.07) is 4.00. The average molecular weight is 345 g/mol. The van der Waals surface area contributed by atoms with E-state index in [0.29, 0.717) is 6.61 Å². The molecule has 0 aliphatic carbocycles. The van der Waals surface area contributed by atoms with Crippen LogP contribution in [0.25, 0.3) is 0 Å². The molecule has 0 atom stereocenters. The molecule has 20 heavy (non-hydrogen) atoms. The lowest BCUT2D eigenvalue weighted by atomic mass is 10.2. The van der Waals surface area contributed by atoms with Crippen molar-refractivity contribution >= 4 is 15.9 Å². The van der Waals surface area contributed by atoms with Crippen LogP contribution >= 0.6 is 15.9 Å². The largest absolute Gasteiger partial charge is 0.493 e. The number of nitrogens with one attached hydrogen (secondary N) is 2. The second-order valence-electron chi connectivity index (χ2n) is 4.41. The molecule has 0 radical (unpaired) electrons. The molecule has 0 heterocycles. The molecule has 2 N–H and O–H groups in total. The number of methoxy groups -OCH3 is 1. The lowest BCUT2D eigenvalue weighted by Gasteiger charge is -2.15. The molecule has 1 aromatic rings. The monoisotopic (exact) mass is 344 g/mol. The van der Waals surface area contributed by atoms with Crippen molar-refractivity contribution in [2.45, 2.75) is 26.8 Å². The zero-order chi connectivity index (χ0) is 14.8. The van der Waals surface area contributed by atoms with E-state index in [9.17, 15) is 0 Å². The third kappa shape index (κ3) is 5.69. The highest BCUT2D eigenvalue weighted by Gasteiger charge is 2.11. The topological polar surface area (TPSA) is 42.5 Å². The fourth-order valence-electron chi connectivity index (χ4n) is 1.95. The Balaban J connectivity index is 2.60. The summed E-state index contributed by atoms with van der Waals surface area (Å²) in [5, 5.41) is 6.76. The van der Waals surface area contributed by atoms with Crippen molar-refractivity contribution < 1.29 is 9.47 Å². The van der Waals surface area contributed by atoms with Crippen LogP contribution in [0.3, 0.4) is 0 Å². The van der Waals surface area contributed by atoms with E-state index in [1.54, 1.807) is 7.11 Å². The molecular formula is C15H25BrN2O2. The van der Waals surface area contributed by atoms with E-state index in [4.69, 9.17) is 9.47 Å². The van der Waals surface area contributed by atoms with Crippen LogP contribution in [0.5, 0.6) is 11.5 Å². The molecule has 114 valence electrons. The second kappa shape index (κ2) is 10.0. The van der Waals surface area contributed by atoms with Gasteiger partial charge in [0, 0.05) is 16.6 Å². The van der Waals surface area contributed by atoms with Gasteiger partial charge in [0.1, 0.15) is 0 Å². The maximum Gasteiger partial charge on any atom is 0.165 e. The van der Waals surface area contributed by atoms with E-state index < -0.39 is 0 Å². The number of hydrogen-bond acceptors (Lipinski definition) is 4. The van der Waals surface area contributed by atoms with Gasteiger partial charge < -0.3 is 20.1 Å². The first-order chi connectivity index (χ1) is 9.72. The van der Waals surface area contributed by atoms with Gasteiger partial charge in [-0.1, -0.05) is 22.9 Å². The maximum atomic E-state index is 5.71. The van der Waals surface area contributed by atoms with E-state index >= 15 is 0 Å². The molecule has 0 amide bonds. The van der Waals surface area contributed by atoms with Crippen molar-refractivity contribution in [2.24, 2.45) is 0 Å². The van der Waals surface area contributed by atoms with Crippen molar-refractivity contribution in [3.05, 3.63) is 22.2 Å². The molecule has 5 heteroatoms. The quantitative estimate of drug-likeness (QED) is 0.640. The van der Waals surface area contributed by atoms with Gasteiger partial charge in [0.05, 0.1) is 13.7 Å². The first-order valence-corrected chi connectivity index (χ1v) is 7.92. The van der Waals surface area contributed by atoms with E-state index in [1.165, 1.54) is 0 Å². The van der Waals surface area contributed by atoms with Crippen molar-refractivity contribution in [2.75, 3.05) is 33.4 Å². The molecular weight excluding hydrogens is 320 g/mol. The summed E-state index contributed by atoms with van der Waals surface area (Å²) in [6.07, 6.45) is 1.11. The van der Waals surface area contributed by atoms with Crippen LogP contribution in [0.15, 0.2) is 16.6 Å². The summed E-state index contributed by atoms with van der Waals surface area (Å²) in [4.78, 5) is 0. The fraction of sp³-hybridized carbons (Fsp3) is 0.600. The summed E-state index contributed by atoms with van der Waals surface area (Å²) in [6.45, 7) is 8.56. The predicted octanol–water partition coefficient (Wildman–Crippen LogP) is 2.95. The number of ether oxygens (including phenoxy) is 2. The lowest BCUT2D eigenvalue weighted by Crippen LogP contribution is -2.21. The lowest BCUT2D eigenvalue weighted by molar-refractivity contribution is 0.306. The molecule has 1 rings (SSSR count). The van der Waals surface area contributed by atoms with Gasteiger partial charge in [-0.05, 0) is 45.1 Å². The Morgan fingerprint density at radius 3 is 2.55 bits per heavy atom. The summed E-state index contributed by atoms with van der Waals surface area (Å²) < 4.78 is 12.1. The average Bonchev–Trinajstić information content (AvgIpc) is 2.45. The Kier molecular flexibility index (Phi) is 8.65.